The minimum atomic E-state index is -0.363. The number of aryl methyl sites for hydroxylation is 2. The molecule has 0 saturated heterocycles. The van der Waals surface area contributed by atoms with Gasteiger partial charge in [-0.15, -0.1) is 11.3 Å². The van der Waals surface area contributed by atoms with Crippen molar-refractivity contribution in [2.45, 2.75) is 19.9 Å². The zero-order chi connectivity index (χ0) is 23.9. The monoisotopic (exact) mass is 466 g/mol. The van der Waals surface area contributed by atoms with E-state index in [0.717, 1.165) is 27.1 Å². The van der Waals surface area contributed by atoms with Crippen LogP contribution >= 0.6 is 11.3 Å². The lowest BCUT2D eigenvalue weighted by Crippen LogP contribution is -2.37. The number of hydrogen-bond donors (Lipinski definition) is 2. The molecule has 1 heterocycles. The number of amides is 2. The van der Waals surface area contributed by atoms with E-state index in [1.54, 1.807) is 18.2 Å². The Morgan fingerprint density at radius 3 is 2.32 bits per heavy atom. The molecule has 4 aromatic rings. The van der Waals surface area contributed by atoms with Gasteiger partial charge in [-0.3, -0.25) is 9.59 Å². The molecule has 0 spiro atoms. The summed E-state index contributed by atoms with van der Waals surface area (Å²) in [5.41, 5.74) is 4.72. The first kappa shape index (κ1) is 23.2. The summed E-state index contributed by atoms with van der Waals surface area (Å²) in [5, 5.41) is 7.93. The molecule has 5 heteroatoms. The second kappa shape index (κ2) is 10.8. The van der Waals surface area contributed by atoms with Crippen molar-refractivity contribution in [1.29, 1.82) is 0 Å². The molecule has 0 bridgehead atoms. The van der Waals surface area contributed by atoms with Crippen molar-refractivity contribution < 1.29 is 9.59 Å². The van der Waals surface area contributed by atoms with Crippen LogP contribution in [0.25, 0.3) is 6.08 Å². The first-order valence-corrected chi connectivity index (χ1v) is 11.9. The topological polar surface area (TPSA) is 58.2 Å². The summed E-state index contributed by atoms with van der Waals surface area (Å²) in [7, 11) is 0. The highest BCUT2D eigenvalue weighted by atomic mass is 32.1. The number of hydrogen-bond acceptors (Lipinski definition) is 3. The third kappa shape index (κ3) is 5.69. The molecular weight excluding hydrogens is 440 g/mol. The maximum absolute atomic E-state index is 13.6. The fraction of sp³-hybridized carbons (Fsp3) is 0.103. The summed E-state index contributed by atoms with van der Waals surface area (Å²) < 4.78 is 0. The van der Waals surface area contributed by atoms with Gasteiger partial charge in [-0.1, -0.05) is 78.4 Å². The summed E-state index contributed by atoms with van der Waals surface area (Å²) in [5.74, 6) is -0.680. The molecular formula is C29H26N2O2S. The molecule has 4 nitrogen and oxygen atoms in total. The quantitative estimate of drug-likeness (QED) is 0.326. The molecule has 1 atom stereocenters. The Hall–Kier alpha value is -3.96. The maximum Gasteiger partial charge on any atom is 0.268 e. The van der Waals surface area contributed by atoms with Crippen LogP contribution in [0.2, 0.25) is 0 Å². The van der Waals surface area contributed by atoms with Crippen molar-refractivity contribution in [2.75, 3.05) is 0 Å². The number of carbonyl (C=O) groups is 2. The van der Waals surface area contributed by atoms with E-state index in [4.69, 9.17) is 0 Å². The lowest BCUT2D eigenvalue weighted by molar-refractivity contribution is -0.118. The van der Waals surface area contributed by atoms with Gasteiger partial charge in [-0.05, 0) is 60.2 Å². The first-order valence-electron chi connectivity index (χ1n) is 11.1. The fourth-order valence-corrected chi connectivity index (χ4v) is 4.42. The number of benzene rings is 3. The van der Waals surface area contributed by atoms with Crippen molar-refractivity contribution >= 4 is 29.2 Å². The Morgan fingerprint density at radius 2 is 1.62 bits per heavy atom. The molecule has 170 valence electrons. The zero-order valence-corrected chi connectivity index (χ0v) is 19.9. The van der Waals surface area contributed by atoms with Crippen LogP contribution < -0.4 is 10.6 Å². The second-order valence-corrected chi connectivity index (χ2v) is 9.05. The molecule has 3 aromatic carbocycles. The fourth-order valence-electron chi connectivity index (χ4n) is 3.76. The van der Waals surface area contributed by atoms with Crippen LogP contribution in [0.4, 0.5) is 0 Å². The standard InChI is InChI=1S/C29H26N2O2S/c1-20-10-8-14-23(18-20)28(32)30-26(19-24-15-9-17-34-24)29(33)31-27(22-12-4-3-5-13-22)25-16-7-6-11-21(25)2/h3-19,27H,1-2H3,(H,30,32)(H,31,33)/b26-19-. The van der Waals surface area contributed by atoms with E-state index < -0.39 is 0 Å². The van der Waals surface area contributed by atoms with Crippen molar-refractivity contribution in [2.24, 2.45) is 0 Å². The highest BCUT2D eigenvalue weighted by Gasteiger charge is 2.22. The summed E-state index contributed by atoms with van der Waals surface area (Å²) in [6.45, 7) is 3.96. The van der Waals surface area contributed by atoms with Crippen LogP contribution in [0.5, 0.6) is 0 Å². The molecule has 0 saturated carbocycles. The lowest BCUT2D eigenvalue weighted by atomic mass is 9.95. The van der Waals surface area contributed by atoms with Gasteiger partial charge in [0.05, 0.1) is 6.04 Å². The Kier molecular flexibility index (Phi) is 7.35. The van der Waals surface area contributed by atoms with Crippen LogP contribution in [0, 0.1) is 13.8 Å². The molecule has 2 N–H and O–H groups in total. The van der Waals surface area contributed by atoms with Crippen molar-refractivity contribution in [1.82, 2.24) is 10.6 Å². The largest absolute Gasteiger partial charge is 0.340 e. The van der Waals surface area contributed by atoms with Gasteiger partial charge in [0.25, 0.3) is 11.8 Å². The lowest BCUT2D eigenvalue weighted by Gasteiger charge is -2.22. The number of thiophene rings is 1. The molecule has 34 heavy (non-hydrogen) atoms. The number of rotatable bonds is 7. The van der Waals surface area contributed by atoms with E-state index in [1.165, 1.54) is 11.3 Å². The Morgan fingerprint density at radius 1 is 0.853 bits per heavy atom. The van der Waals surface area contributed by atoms with Crippen LogP contribution in [0.3, 0.4) is 0 Å². The summed E-state index contributed by atoms with van der Waals surface area (Å²) in [6, 6.07) is 28.6. The van der Waals surface area contributed by atoms with Crippen LogP contribution in [-0.4, -0.2) is 11.8 Å². The van der Waals surface area contributed by atoms with Gasteiger partial charge in [0, 0.05) is 10.4 Å². The minimum absolute atomic E-state index is 0.198. The van der Waals surface area contributed by atoms with E-state index in [9.17, 15) is 9.59 Å². The number of carbonyl (C=O) groups excluding carboxylic acids is 2. The van der Waals surface area contributed by atoms with Gasteiger partial charge in [0.1, 0.15) is 5.70 Å². The highest BCUT2D eigenvalue weighted by Crippen LogP contribution is 2.25. The van der Waals surface area contributed by atoms with Crippen molar-refractivity contribution in [3.05, 3.63) is 135 Å². The minimum Gasteiger partial charge on any atom is -0.340 e. The molecule has 0 aliphatic rings. The third-order valence-electron chi connectivity index (χ3n) is 5.51. The molecule has 1 unspecified atom stereocenters. The zero-order valence-electron chi connectivity index (χ0n) is 19.1. The highest BCUT2D eigenvalue weighted by molar-refractivity contribution is 7.10. The average molecular weight is 467 g/mol. The summed E-state index contributed by atoms with van der Waals surface area (Å²) in [6.07, 6.45) is 1.72. The number of nitrogens with one attached hydrogen (secondary N) is 2. The van der Waals surface area contributed by atoms with Gasteiger partial charge in [-0.25, -0.2) is 0 Å². The Bertz CT molecular complexity index is 1310. The second-order valence-electron chi connectivity index (χ2n) is 8.07. The van der Waals surface area contributed by atoms with Gasteiger partial charge >= 0.3 is 0 Å². The summed E-state index contributed by atoms with van der Waals surface area (Å²) >= 11 is 1.50. The Balaban J connectivity index is 1.67. The molecule has 0 radical (unpaired) electrons. The maximum atomic E-state index is 13.6. The van der Waals surface area contributed by atoms with E-state index in [0.29, 0.717) is 5.56 Å². The Labute approximate surface area is 204 Å². The van der Waals surface area contributed by atoms with E-state index in [1.807, 2.05) is 98.1 Å². The van der Waals surface area contributed by atoms with Gasteiger partial charge < -0.3 is 10.6 Å². The molecule has 4 rings (SSSR count). The summed E-state index contributed by atoms with van der Waals surface area (Å²) in [4.78, 5) is 27.5. The van der Waals surface area contributed by atoms with Crippen LogP contribution in [-0.2, 0) is 4.79 Å². The average Bonchev–Trinajstić information content (AvgIpc) is 3.36. The van der Waals surface area contributed by atoms with Gasteiger partial charge in [0.15, 0.2) is 0 Å². The van der Waals surface area contributed by atoms with Crippen LogP contribution in [0.15, 0.2) is 102 Å². The predicted molar refractivity (Wildman–Crippen MR) is 139 cm³/mol. The van der Waals surface area contributed by atoms with E-state index >= 15 is 0 Å². The molecule has 0 aliphatic heterocycles. The molecule has 0 aliphatic carbocycles. The first-order chi connectivity index (χ1) is 16.5. The normalized spacial score (nSPS) is 12.1. The van der Waals surface area contributed by atoms with Crippen molar-refractivity contribution in [3.8, 4) is 0 Å². The van der Waals surface area contributed by atoms with E-state index in [2.05, 4.69) is 10.6 Å². The van der Waals surface area contributed by atoms with Gasteiger partial charge in [-0.2, -0.15) is 0 Å². The predicted octanol–water partition coefficient (Wildman–Crippen LogP) is 6.04. The SMILES string of the molecule is Cc1cccc(C(=O)N/C(=C\c2cccs2)C(=O)NC(c2ccccc2)c2ccccc2C)c1. The third-order valence-corrected chi connectivity index (χ3v) is 6.33. The molecule has 1 aromatic heterocycles. The molecule has 0 fully saturated rings. The van der Waals surface area contributed by atoms with E-state index in [-0.39, 0.29) is 23.6 Å². The molecule has 2 amide bonds. The van der Waals surface area contributed by atoms with Crippen LogP contribution in [0.1, 0.15) is 43.5 Å². The van der Waals surface area contributed by atoms with Crippen molar-refractivity contribution in [3.63, 3.8) is 0 Å². The smallest absolute Gasteiger partial charge is 0.268 e. The van der Waals surface area contributed by atoms with Gasteiger partial charge in [0.2, 0.25) is 0 Å².